The lowest BCUT2D eigenvalue weighted by atomic mass is 9.90. The zero-order chi connectivity index (χ0) is 24.9. The molecule has 1 aliphatic rings. The number of hydrogen-bond acceptors (Lipinski definition) is 5. The number of morpholine rings is 1. The molecule has 36 heavy (non-hydrogen) atoms. The maximum Gasteiger partial charge on any atom is 0.240 e. The first kappa shape index (κ1) is 24.6. The molecule has 5 nitrogen and oxygen atoms in total. The Balaban J connectivity index is 1.50. The Morgan fingerprint density at radius 3 is 2.28 bits per heavy atom. The van der Waals surface area contributed by atoms with Crippen LogP contribution >= 0.6 is 11.3 Å². The van der Waals surface area contributed by atoms with Gasteiger partial charge in [-0.05, 0) is 48.6 Å². The summed E-state index contributed by atoms with van der Waals surface area (Å²) < 4.78 is 6.65. The number of thiazole rings is 1. The van der Waals surface area contributed by atoms with Crippen molar-refractivity contribution >= 4 is 32.6 Å². The van der Waals surface area contributed by atoms with E-state index in [2.05, 4.69) is 30.9 Å². The summed E-state index contributed by atoms with van der Waals surface area (Å²) in [5.41, 5.74) is 5.36. The molecule has 0 atom stereocenters. The topological polar surface area (TPSA) is 45.7 Å². The van der Waals surface area contributed by atoms with Gasteiger partial charge >= 0.3 is 0 Å². The lowest BCUT2D eigenvalue weighted by Gasteiger charge is -2.29. The number of nitrogens with zero attached hydrogens (tertiary/aromatic N) is 3. The van der Waals surface area contributed by atoms with Crippen molar-refractivity contribution in [1.82, 2.24) is 9.88 Å². The fraction of sp³-hybridized carbons (Fsp3) is 0.333. The molecule has 0 radical (unpaired) electrons. The van der Waals surface area contributed by atoms with Gasteiger partial charge in [0.15, 0.2) is 5.13 Å². The van der Waals surface area contributed by atoms with Crippen LogP contribution in [-0.4, -0.2) is 55.2 Å². The number of rotatable bonds is 8. The molecule has 1 aliphatic heterocycles. The van der Waals surface area contributed by atoms with Crippen LogP contribution in [0.3, 0.4) is 0 Å². The van der Waals surface area contributed by atoms with Crippen molar-refractivity contribution in [2.45, 2.75) is 26.2 Å². The van der Waals surface area contributed by atoms with Crippen molar-refractivity contribution < 1.29 is 9.53 Å². The first-order valence-electron chi connectivity index (χ1n) is 12.7. The minimum Gasteiger partial charge on any atom is -0.379 e. The SMILES string of the molecule is Cc1cc(C)c2sc(N(CCCN3CCOCC3)C(=O)C(c3ccccc3)c3ccccc3)nc2c1. The van der Waals surface area contributed by atoms with E-state index in [1.54, 1.807) is 11.3 Å². The van der Waals surface area contributed by atoms with Crippen LogP contribution in [-0.2, 0) is 9.53 Å². The number of benzene rings is 3. The van der Waals surface area contributed by atoms with E-state index in [9.17, 15) is 4.79 Å². The van der Waals surface area contributed by atoms with E-state index in [0.717, 1.165) is 65.7 Å². The Bertz CT molecular complexity index is 1260. The van der Waals surface area contributed by atoms with Gasteiger partial charge in [0.1, 0.15) is 0 Å². The second-order valence-corrected chi connectivity index (χ2v) is 10.5. The van der Waals surface area contributed by atoms with Gasteiger partial charge in [0.2, 0.25) is 5.91 Å². The lowest BCUT2D eigenvalue weighted by Crippen LogP contribution is -2.40. The molecular formula is C30H33N3O2S. The van der Waals surface area contributed by atoms with Gasteiger partial charge in [-0.25, -0.2) is 4.98 Å². The third-order valence-corrected chi connectivity index (χ3v) is 8.01. The molecule has 0 N–H and O–H groups in total. The van der Waals surface area contributed by atoms with E-state index in [1.807, 2.05) is 65.6 Å². The monoisotopic (exact) mass is 499 g/mol. The summed E-state index contributed by atoms with van der Waals surface area (Å²) in [5, 5.41) is 0.780. The van der Waals surface area contributed by atoms with Crippen molar-refractivity contribution in [3.8, 4) is 0 Å². The summed E-state index contributed by atoms with van der Waals surface area (Å²) in [7, 11) is 0. The van der Waals surface area contributed by atoms with Crippen LogP contribution in [0.25, 0.3) is 10.2 Å². The Morgan fingerprint density at radius 1 is 1.00 bits per heavy atom. The van der Waals surface area contributed by atoms with Crippen LogP contribution in [0.4, 0.5) is 5.13 Å². The first-order chi connectivity index (χ1) is 17.6. The van der Waals surface area contributed by atoms with Gasteiger partial charge in [-0.15, -0.1) is 0 Å². The smallest absolute Gasteiger partial charge is 0.240 e. The van der Waals surface area contributed by atoms with E-state index >= 15 is 0 Å². The quantitative estimate of drug-likeness (QED) is 0.307. The third-order valence-electron chi connectivity index (χ3n) is 6.78. The zero-order valence-electron chi connectivity index (χ0n) is 21.0. The van der Waals surface area contributed by atoms with Gasteiger partial charge in [0.25, 0.3) is 0 Å². The molecular weight excluding hydrogens is 466 g/mol. The van der Waals surface area contributed by atoms with Crippen LogP contribution < -0.4 is 4.90 Å². The Labute approximate surface area is 217 Å². The van der Waals surface area contributed by atoms with Crippen LogP contribution in [0.2, 0.25) is 0 Å². The van der Waals surface area contributed by atoms with Gasteiger partial charge in [-0.3, -0.25) is 14.6 Å². The molecule has 186 valence electrons. The molecule has 0 bridgehead atoms. The second kappa shape index (κ2) is 11.3. The molecule has 2 heterocycles. The number of amides is 1. The van der Waals surface area contributed by atoms with Crippen LogP contribution in [0.5, 0.6) is 0 Å². The average molecular weight is 500 g/mol. The van der Waals surface area contributed by atoms with Crippen molar-refractivity contribution in [3.63, 3.8) is 0 Å². The summed E-state index contributed by atoms with van der Waals surface area (Å²) in [4.78, 5) is 23.8. The number of aromatic nitrogens is 1. The number of fused-ring (bicyclic) bond motifs is 1. The summed E-state index contributed by atoms with van der Waals surface area (Å²) >= 11 is 1.62. The highest BCUT2D eigenvalue weighted by molar-refractivity contribution is 7.22. The zero-order valence-corrected chi connectivity index (χ0v) is 21.8. The normalized spacial score (nSPS) is 14.4. The summed E-state index contributed by atoms with van der Waals surface area (Å²) in [5.74, 6) is -0.312. The number of anilines is 1. The van der Waals surface area contributed by atoms with Crippen molar-refractivity contribution in [2.24, 2.45) is 0 Å². The molecule has 1 aromatic heterocycles. The second-order valence-electron chi connectivity index (χ2n) is 9.48. The number of ether oxygens (including phenoxy) is 1. The number of carbonyl (C=O) groups excluding carboxylic acids is 1. The maximum absolute atomic E-state index is 14.4. The first-order valence-corrected chi connectivity index (χ1v) is 13.5. The minimum atomic E-state index is -0.384. The average Bonchev–Trinajstić information content (AvgIpc) is 3.32. The third kappa shape index (κ3) is 5.51. The highest BCUT2D eigenvalue weighted by Gasteiger charge is 2.30. The fourth-order valence-electron chi connectivity index (χ4n) is 4.98. The molecule has 0 spiro atoms. The Hall–Kier alpha value is -3.06. The summed E-state index contributed by atoms with van der Waals surface area (Å²) in [6, 6.07) is 24.5. The van der Waals surface area contributed by atoms with Gasteiger partial charge < -0.3 is 4.74 Å². The maximum atomic E-state index is 14.4. The van der Waals surface area contributed by atoms with Gasteiger partial charge in [0, 0.05) is 26.2 Å². The number of hydrogen-bond donors (Lipinski definition) is 0. The molecule has 1 fully saturated rings. The van der Waals surface area contributed by atoms with Crippen LogP contribution in [0.15, 0.2) is 72.8 Å². The highest BCUT2D eigenvalue weighted by Crippen LogP contribution is 2.35. The van der Waals surface area contributed by atoms with Gasteiger partial charge in [-0.1, -0.05) is 78.1 Å². The molecule has 0 saturated carbocycles. The van der Waals surface area contributed by atoms with E-state index in [-0.39, 0.29) is 11.8 Å². The molecule has 5 rings (SSSR count). The van der Waals surface area contributed by atoms with E-state index in [0.29, 0.717) is 6.54 Å². The molecule has 4 aromatic rings. The van der Waals surface area contributed by atoms with E-state index < -0.39 is 0 Å². The van der Waals surface area contributed by atoms with Crippen LogP contribution in [0.1, 0.15) is 34.6 Å². The van der Waals surface area contributed by atoms with Crippen molar-refractivity contribution in [1.29, 1.82) is 0 Å². The van der Waals surface area contributed by atoms with Gasteiger partial charge in [0.05, 0.1) is 29.3 Å². The Morgan fingerprint density at radius 2 is 1.64 bits per heavy atom. The molecule has 1 saturated heterocycles. The fourth-order valence-corrected chi connectivity index (χ4v) is 6.03. The Kier molecular flexibility index (Phi) is 7.75. The summed E-state index contributed by atoms with van der Waals surface area (Å²) in [6.07, 6.45) is 0.885. The van der Waals surface area contributed by atoms with Crippen LogP contribution in [0, 0.1) is 13.8 Å². The number of aryl methyl sites for hydroxylation is 2. The molecule has 1 amide bonds. The number of carbonyl (C=O) groups is 1. The molecule has 0 aliphatic carbocycles. The largest absolute Gasteiger partial charge is 0.379 e. The highest BCUT2D eigenvalue weighted by atomic mass is 32.1. The summed E-state index contributed by atoms with van der Waals surface area (Å²) in [6.45, 7) is 9.25. The lowest BCUT2D eigenvalue weighted by molar-refractivity contribution is -0.119. The molecule has 3 aromatic carbocycles. The van der Waals surface area contributed by atoms with Gasteiger partial charge in [-0.2, -0.15) is 0 Å². The van der Waals surface area contributed by atoms with E-state index in [4.69, 9.17) is 9.72 Å². The standard InChI is InChI=1S/C30H33N3O2S/c1-22-20-23(2)28-26(21-22)31-30(36-28)33(15-9-14-32-16-18-35-19-17-32)29(34)27(24-10-5-3-6-11-24)25-12-7-4-8-13-25/h3-8,10-13,20-21,27H,9,14-19H2,1-2H3. The predicted octanol–water partition coefficient (Wildman–Crippen LogP) is 5.80. The molecule has 0 unspecified atom stereocenters. The van der Waals surface area contributed by atoms with E-state index in [1.165, 1.54) is 11.1 Å². The van der Waals surface area contributed by atoms with Crippen molar-refractivity contribution in [3.05, 3.63) is 95.1 Å². The minimum absolute atomic E-state index is 0.0720. The molecule has 6 heteroatoms. The van der Waals surface area contributed by atoms with Crippen molar-refractivity contribution in [2.75, 3.05) is 44.3 Å². The predicted molar refractivity (Wildman–Crippen MR) is 148 cm³/mol.